The fourth-order valence-corrected chi connectivity index (χ4v) is 3.69. The fraction of sp³-hybridized carbons (Fsp3) is 0.684. The lowest BCUT2D eigenvalue weighted by Crippen LogP contribution is -2.42. The van der Waals surface area contributed by atoms with Crippen molar-refractivity contribution in [2.75, 3.05) is 25.4 Å². The molecule has 0 fully saturated rings. The van der Waals surface area contributed by atoms with E-state index in [1.54, 1.807) is 0 Å². The van der Waals surface area contributed by atoms with Crippen LogP contribution in [-0.4, -0.2) is 41.0 Å². The Bertz CT molecular complexity index is 410. The number of thioether (sulfide) groups is 1. The lowest BCUT2D eigenvalue weighted by molar-refractivity contribution is 0.0229. The topological polar surface area (TPSA) is 23.5 Å². The Morgan fingerprint density at radius 1 is 1.14 bits per heavy atom. The van der Waals surface area contributed by atoms with Crippen LogP contribution < -0.4 is 0 Å². The smallest absolute Gasteiger partial charge is 0.0786 e. The Hall–Kier alpha value is -0.510. The molecule has 1 unspecified atom stereocenters. The van der Waals surface area contributed by atoms with Gasteiger partial charge in [-0.3, -0.25) is 0 Å². The Morgan fingerprint density at radius 3 is 2.23 bits per heavy atom. The molecule has 0 radical (unpaired) electrons. The van der Waals surface area contributed by atoms with Gasteiger partial charge in [0.05, 0.1) is 5.60 Å². The molecule has 126 valence electrons. The number of aliphatic hydroxyl groups is 1. The van der Waals surface area contributed by atoms with Crippen LogP contribution in [0.1, 0.15) is 46.6 Å². The predicted molar refractivity (Wildman–Crippen MR) is 98.7 cm³/mol. The first-order valence-electron chi connectivity index (χ1n) is 8.52. The van der Waals surface area contributed by atoms with Crippen molar-refractivity contribution >= 4 is 11.8 Å². The Morgan fingerprint density at radius 2 is 1.73 bits per heavy atom. The highest BCUT2D eigenvalue weighted by Crippen LogP contribution is 2.22. The summed E-state index contributed by atoms with van der Waals surface area (Å²) in [6.07, 6.45) is 1.96. The van der Waals surface area contributed by atoms with E-state index in [1.807, 2.05) is 18.7 Å². The minimum Gasteiger partial charge on any atom is -0.388 e. The van der Waals surface area contributed by atoms with E-state index in [2.05, 4.69) is 56.9 Å². The van der Waals surface area contributed by atoms with E-state index in [1.165, 1.54) is 22.6 Å². The summed E-state index contributed by atoms with van der Waals surface area (Å²) in [4.78, 5) is 3.60. The summed E-state index contributed by atoms with van der Waals surface area (Å²) in [6.45, 7) is 13.5. The second kappa shape index (κ2) is 9.59. The third-order valence-corrected chi connectivity index (χ3v) is 4.98. The van der Waals surface area contributed by atoms with E-state index >= 15 is 0 Å². The summed E-state index contributed by atoms with van der Waals surface area (Å²) in [5.74, 6) is 1.94. The van der Waals surface area contributed by atoms with Gasteiger partial charge >= 0.3 is 0 Å². The van der Waals surface area contributed by atoms with Crippen molar-refractivity contribution in [2.24, 2.45) is 5.92 Å². The van der Waals surface area contributed by atoms with Crippen LogP contribution >= 0.6 is 11.8 Å². The first kappa shape index (κ1) is 19.5. The quantitative estimate of drug-likeness (QED) is 0.643. The van der Waals surface area contributed by atoms with Crippen molar-refractivity contribution in [1.29, 1.82) is 0 Å². The maximum atomic E-state index is 10.6. The molecule has 0 saturated carbocycles. The number of hydrogen-bond donors (Lipinski definition) is 1. The normalized spacial score (nSPS) is 14.5. The van der Waals surface area contributed by atoms with Crippen LogP contribution in [0.3, 0.4) is 0 Å². The third kappa shape index (κ3) is 7.66. The summed E-state index contributed by atoms with van der Waals surface area (Å²) < 4.78 is 0. The standard InChI is InChI=1S/C19H33NOS/c1-6-20(7-2)15-19(5,21)14-17-8-10-18(11-9-17)22-13-12-16(3)4/h8-11,16,21H,6-7,12-15H2,1-5H3. The van der Waals surface area contributed by atoms with E-state index in [-0.39, 0.29) is 0 Å². The van der Waals surface area contributed by atoms with Crippen LogP contribution in [-0.2, 0) is 6.42 Å². The van der Waals surface area contributed by atoms with Crippen molar-refractivity contribution in [2.45, 2.75) is 58.0 Å². The number of rotatable bonds is 10. The Labute approximate surface area is 141 Å². The predicted octanol–water partition coefficient (Wildman–Crippen LogP) is 4.46. The van der Waals surface area contributed by atoms with Gasteiger partial charge in [0, 0.05) is 17.9 Å². The van der Waals surface area contributed by atoms with Crippen molar-refractivity contribution < 1.29 is 5.11 Å². The minimum atomic E-state index is -0.668. The molecule has 0 aromatic heterocycles. The second-order valence-electron chi connectivity index (χ2n) is 6.81. The molecule has 0 spiro atoms. The highest BCUT2D eigenvalue weighted by Gasteiger charge is 2.23. The lowest BCUT2D eigenvalue weighted by atomic mass is 9.96. The molecule has 0 heterocycles. The number of nitrogens with zero attached hydrogens (tertiary/aromatic N) is 1. The van der Waals surface area contributed by atoms with Gasteiger partial charge < -0.3 is 10.0 Å². The van der Waals surface area contributed by atoms with Crippen LogP contribution in [0.25, 0.3) is 0 Å². The van der Waals surface area contributed by atoms with Crippen LogP contribution in [0.2, 0.25) is 0 Å². The molecule has 0 aliphatic rings. The largest absolute Gasteiger partial charge is 0.388 e. The van der Waals surface area contributed by atoms with Gasteiger partial charge in [-0.1, -0.05) is 39.8 Å². The zero-order valence-corrected chi connectivity index (χ0v) is 15.7. The highest BCUT2D eigenvalue weighted by molar-refractivity contribution is 7.99. The van der Waals surface area contributed by atoms with Gasteiger partial charge in [-0.15, -0.1) is 11.8 Å². The zero-order valence-electron chi connectivity index (χ0n) is 14.9. The van der Waals surface area contributed by atoms with Gasteiger partial charge in [0.1, 0.15) is 0 Å². The van der Waals surface area contributed by atoms with E-state index < -0.39 is 5.60 Å². The first-order valence-corrected chi connectivity index (χ1v) is 9.51. The Kier molecular flexibility index (Phi) is 8.52. The maximum Gasteiger partial charge on any atom is 0.0786 e. The summed E-state index contributed by atoms with van der Waals surface area (Å²) in [5, 5.41) is 10.6. The molecule has 0 aliphatic carbocycles. The Balaban J connectivity index is 2.52. The molecule has 0 bridgehead atoms. The third-order valence-electron chi connectivity index (χ3n) is 3.93. The molecule has 1 N–H and O–H groups in total. The van der Waals surface area contributed by atoms with Crippen LogP contribution in [0.4, 0.5) is 0 Å². The number of hydrogen-bond acceptors (Lipinski definition) is 3. The van der Waals surface area contributed by atoms with Crippen LogP contribution in [0.15, 0.2) is 29.2 Å². The monoisotopic (exact) mass is 323 g/mol. The van der Waals surface area contributed by atoms with E-state index in [0.29, 0.717) is 6.42 Å². The first-order chi connectivity index (χ1) is 10.4. The molecule has 1 aromatic carbocycles. The van der Waals surface area contributed by atoms with Gasteiger partial charge in [-0.2, -0.15) is 0 Å². The maximum absolute atomic E-state index is 10.6. The lowest BCUT2D eigenvalue weighted by Gasteiger charge is -2.30. The van der Waals surface area contributed by atoms with Gasteiger partial charge in [0.15, 0.2) is 0 Å². The van der Waals surface area contributed by atoms with Crippen LogP contribution in [0.5, 0.6) is 0 Å². The second-order valence-corrected chi connectivity index (χ2v) is 7.98. The van der Waals surface area contributed by atoms with Gasteiger partial charge in [0.2, 0.25) is 0 Å². The molecule has 0 saturated heterocycles. The summed E-state index contributed by atoms with van der Waals surface area (Å²) in [6, 6.07) is 8.70. The van der Waals surface area contributed by atoms with Gasteiger partial charge in [0.25, 0.3) is 0 Å². The van der Waals surface area contributed by atoms with Gasteiger partial charge in [-0.25, -0.2) is 0 Å². The summed E-state index contributed by atoms with van der Waals surface area (Å²) in [7, 11) is 0. The van der Waals surface area contributed by atoms with Crippen molar-refractivity contribution in [3.8, 4) is 0 Å². The molecule has 2 nitrogen and oxygen atoms in total. The van der Waals surface area contributed by atoms with Crippen molar-refractivity contribution in [3.05, 3.63) is 29.8 Å². The molecule has 1 rings (SSSR count). The van der Waals surface area contributed by atoms with Crippen molar-refractivity contribution in [3.63, 3.8) is 0 Å². The molecule has 1 aromatic rings. The average molecular weight is 324 g/mol. The molecule has 0 aliphatic heterocycles. The van der Waals surface area contributed by atoms with Crippen molar-refractivity contribution in [1.82, 2.24) is 4.90 Å². The average Bonchev–Trinajstić information content (AvgIpc) is 2.46. The summed E-state index contributed by atoms with van der Waals surface area (Å²) >= 11 is 1.92. The van der Waals surface area contributed by atoms with E-state index in [0.717, 1.165) is 25.6 Å². The highest BCUT2D eigenvalue weighted by atomic mass is 32.2. The van der Waals surface area contributed by atoms with Crippen LogP contribution in [0, 0.1) is 5.92 Å². The van der Waals surface area contributed by atoms with E-state index in [4.69, 9.17) is 0 Å². The van der Waals surface area contributed by atoms with E-state index in [9.17, 15) is 5.11 Å². The molecular weight excluding hydrogens is 290 g/mol. The van der Waals surface area contributed by atoms with Gasteiger partial charge in [-0.05, 0) is 55.8 Å². The SMILES string of the molecule is CCN(CC)CC(C)(O)Cc1ccc(SCCC(C)C)cc1. The molecule has 22 heavy (non-hydrogen) atoms. The molecule has 3 heteroatoms. The fourth-order valence-electron chi connectivity index (χ4n) is 2.54. The molecular formula is C19H33NOS. The summed E-state index contributed by atoms with van der Waals surface area (Å²) in [5.41, 5.74) is 0.545. The zero-order chi connectivity index (χ0) is 16.6. The minimum absolute atomic E-state index is 0.668. The number of likely N-dealkylation sites (N-methyl/N-ethyl adjacent to an activating group) is 1. The molecule has 0 amide bonds. The number of benzene rings is 1. The molecule has 1 atom stereocenters.